The fourth-order valence-corrected chi connectivity index (χ4v) is 6.83. The first-order valence-corrected chi connectivity index (χ1v) is 20.9. The Kier molecular flexibility index (Phi) is 24.1. The van der Waals surface area contributed by atoms with E-state index in [1.54, 1.807) is 34.6 Å². The van der Waals surface area contributed by atoms with E-state index in [2.05, 4.69) is 31.9 Å². The molecule has 1 saturated carbocycles. The Labute approximate surface area is 350 Å². The summed E-state index contributed by atoms with van der Waals surface area (Å²) in [4.78, 5) is 127. The second kappa shape index (κ2) is 27.5. The standard InChI is InChI=1S/C40H66N6O14/c1-6-11-27(40(59)60)43-37(56)29(21-24-12-9-8-10-13-24)45-39(58)34(23(5)7-2)46-38(57)28(20-22(3)4)44-36(55)26(15-18-32(50)51)42-35(54)25(14-17-31(48)49)41-30(47)16-19-33(52)53/h22-29,34H,6-21H2,1-5H3,(H,41,47)(H,42,54)(H,43,56)(H,44,55)(H,45,58)(H,46,57)(H,48,49)(H,50,51)(H,52,53)(H,59,60)/t23-,25-,26+,27-,28-,29-,34-/m0/s1. The topological polar surface area (TPSA) is 324 Å². The molecule has 1 aliphatic carbocycles. The molecule has 340 valence electrons. The summed E-state index contributed by atoms with van der Waals surface area (Å²) in [6.07, 6.45) is 2.69. The van der Waals surface area contributed by atoms with Crippen molar-refractivity contribution in [2.24, 2.45) is 17.8 Å². The Hall–Kier alpha value is -5.30. The van der Waals surface area contributed by atoms with Gasteiger partial charge in [0.2, 0.25) is 35.4 Å². The van der Waals surface area contributed by atoms with Crippen molar-refractivity contribution in [2.75, 3.05) is 0 Å². The highest BCUT2D eigenvalue weighted by Gasteiger charge is 2.36. The van der Waals surface area contributed by atoms with Crippen LogP contribution in [0.15, 0.2) is 0 Å². The third kappa shape index (κ3) is 20.6. The third-order valence-electron chi connectivity index (χ3n) is 10.4. The van der Waals surface area contributed by atoms with Crippen molar-refractivity contribution < 1.29 is 68.4 Å². The zero-order chi connectivity index (χ0) is 45.5. The molecule has 0 aliphatic heterocycles. The van der Waals surface area contributed by atoms with E-state index in [1.165, 1.54) is 0 Å². The van der Waals surface area contributed by atoms with Gasteiger partial charge in [0, 0.05) is 19.3 Å². The van der Waals surface area contributed by atoms with Crippen LogP contribution >= 0.6 is 0 Å². The molecule has 0 radical (unpaired) electrons. The molecular formula is C40H66N6O14. The summed E-state index contributed by atoms with van der Waals surface area (Å²) in [5, 5.41) is 52.3. The van der Waals surface area contributed by atoms with Gasteiger partial charge in [-0.1, -0.05) is 79.6 Å². The summed E-state index contributed by atoms with van der Waals surface area (Å²) < 4.78 is 0. The molecule has 0 aromatic carbocycles. The number of hydrogen-bond acceptors (Lipinski definition) is 10. The monoisotopic (exact) mass is 854 g/mol. The van der Waals surface area contributed by atoms with E-state index in [4.69, 9.17) is 5.11 Å². The first-order chi connectivity index (χ1) is 28.2. The average Bonchev–Trinajstić information content (AvgIpc) is 3.17. The molecule has 6 amide bonds. The zero-order valence-corrected chi connectivity index (χ0v) is 35.4. The fourth-order valence-electron chi connectivity index (χ4n) is 6.83. The summed E-state index contributed by atoms with van der Waals surface area (Å²) in [5.41, 5.74) is 0. The Balaban J connectivity index is 3.39. The Morgan fingerprint density at radius 2 is 0.983 bits per heavy atom. The van der Waals surface area contributed by atoms with Crippen molar-refractivity contribution in [3.05, 3.63) is 0 Å². The van der Waals surface area contributed by atoms with Gasteiger partial charge in [-0.05, 0) is 49.9 Å². The third-order valence-corrected chi connectivity index (χ3v) is 10.4. The Morgan fingerprint density at radius 3 is 1.47 bits per heavy atom. The van der Waals surface area contributed by atoms with Crippen LogP contribution < -0.4 is 31.9 Å². The highest BCUT2D eigenvalue weighted by molar-refractivity contribution is 5.97. The highest BCUT2D eigenvalue weighted by Crippen LogP contribution is 2.28. The second-order valence-electron chi connectivity index (χ2n) is 16.0. The van der Waals surface area contributed by atoms with Crippen LogP contribution in [0.3, 0.4) is 0 Å². The molecule has 0 heterocycles. The minimum atomic E-state index is -1.60. The maximum atomic E-state index is 14.0. The molecule has 20 heteroatoms. The van der Waals surface area contributed by atoms with Crippen LogP contribution in [0.4, 0.5) is 0 Å². The van der Waals surface area contributed by atoms with Crippen molar-refractivity contribution in [1.29, 1.82) is 0 Å². The van der Waals surface area contributed by atoms with Gasteiger partial charge < -0.3 is 52.3 Å². The molecule has 20 nitrogen and oxygen atoms in total. The molecule has 1 fully saturated rings. The van der Waals surface area contributed by atoms with Gasteiger partial charge in [0.15, 0.2) is 0 Å². The fraction of sp³-hybridized carbons (Fsp3) is 0.750. The Bertz CT molecular complexity index is 1500. The van der Waals surface area contributed by atoms with Crippen molar-refractivity contribution in [2.45, 2.75) is 174 Å². The van der Waals surface area contributed by atoms with Crippen LogP contribution in [-0.2, 0) is 47.9 Å². The minimum Gasteiger partial charge on any atom is -0.481 e. The minimum absolute atomic E-state index is 0.0214. The van der Waals surface area contributed by atoms with Gasteiger partial charge in [0.25, 0.3) is 0 Å². The summed E-state index contributed by atoms with van der Waals surface area (Å²) in [5.74, 6) is -10.9. The van der Waals surface area contributed by atoms with Crippen molar-refractivity contribution in [3.8, 4) is 0 Å². The molecule has 60 heavy (non-hydrogen) atoms. The van der Waals surface area contributed by atoms with Crippen LogP contribution in [0.2, 0.25) is 0 Å². The molecule has 0 aromatic heterocycles. The maximum absolute atomic E-state index is 14.0. The molecule has 0 spiro atoms. The van der Waals surface area contributed by atoms with E-state index in [0.29, 0.717) is 12.8 Å². The largest absolute Gasteiger partial charge is 0.481 e. The second-order valence-corrected chi connectivity index (χ2v) is 16.0. The Morgan fingerprint density at radius 1 is 0.517 bits per heavy atom. The predicted molar refractivity (Wildman–Crippen MR) is 215 cm³/mol. The van der Waals surface area contributed by atoms with Crippen LogP contribution in [-0.4, -0.2) is 116 Å². The van der Waals surface area contributed by atoms with Gasteiger partial charge in [-0.15, -0.1) is 0 Å². The first kappa shape index (κ1) is 52.7. The van der Waals surface area contributed by atoms with E-state index in [1.807, 2.05) is 0 Å². The lowest BCUT2D eigenvalue weighted by Gasteiger charge is -2.31. The van der Waals surface area contributed by atoms with E-state index in [-0.39, 0.29) is 31.1 Å². The number of aliphatic carboxylic acids is 4. The molecule has 0 saturated heterocycles. The van der Waals surface area contributed by atoms with Crippen LogP contribution in [0, 0.1) is 17.8 Å². The van der Waals surface area contributed by atoms with E-state index >= 15 is 0 Å². The van der Waals surface area contributed by atoms with Gasteiger partial charge >= 0.3 is 23.9 Å². The van der Waals surface area contributed by atoms with Crippen molar-refractivity contribution in [1.82, 2.24) is 31.9 Å². The van der Waals surface area contributed by atoms with Crippen molar-refractivity contribution >= 4 is 59.3 Å². The number of carboxylic acid groups (broad SMARTS) is 4. The molecular weight excluding hydrogens is 788 g/mol. The zero-order valence-electron chi connectivity index (χ0n) is 35.4. The number of hydrogen-bond donors (Lipinski definition) is 10. The lowest BCUT2D eigenvalue weighted by atomic mass is 9.84. The van der Waals surface area contributed by atoms with Crippen LogP contribution in [0.1, 0.15) is 137 Å². The molecule has 1 aliphatic rings. The number of carboxylic acids is 4. The highest BCUT2D eigenvalue weighted by atomic mass is 16.4. The van der Waals surface area contributed by atoms with Crippen molar-refractivity contribution in [3.63, 3.8) is 0 Å². The SMILES string of the molecule is CCC[C@H](NC(=O)[C@H](CC1CCCCC1)NC(=O)[C@@H](NC(=O)[C@H](CC(C)C)NC(=O)[C@@H](CCC(=O)O)NC(=O)[C@H](CCC(=O)O)NC(=O)CCC(=O)O)[C@@H](C)CC)C(=O)O. The lowest BCUT2D eigenvalue weighted by Crippen LogP contribution is -2.61. The van der Waals surface area contributed by atoms with E-state index < -0.39 is 140 Å². The number of nitrogens with one attached hydrogen (secondary N) is 6. The normalized spacial score (nSPS) is 16.4. The van der Waals surface area contributed by atoms with Gasteiger partial charge in [0.05, 0.1) is 6.42 Å². The number of carbonyl (C=O) groups excluding carboxylic acids is 6. The molecule has 10 N–H and O–H groups in total. The van der Waals surface area contributed by atoms with Crippen LogP contribution in [0.5, 0.6) is 0 Å². The summed E-state index contributed by atoms with van der Waals surface area (Å²) in [6, 6.07) is -7.96. The summed E-state index contributed by atoms with van der Waals surface area (Å²) in [7, 11) is 0. The predicted octanol–water partition coefficient (Wildman–Crippen LogP) is 1.44. The molecule has 1 rings (SSSR count). The summed E-state index contributed by atoms with van der Waals surface area (Å²) >= 11 is 0. The maximum Gasteiger partial charge on any atom is 0.326 e. The van der Waals surface area contributed by atoms with E-state index in [0.717, 1.165) is 32.1 Å². The van der Waals surface area contributed by atoms with E-state index in [9.17, 15) is 63.3 Å². The number of rotatable bonds is 29. The first-order valence-electron chi connectivity index (χ1n) is 20.9. The average molecular weight is 855 g/mol. The van der Waals surface area contributed by atoms with Gasteiger partial charge in [-0.2, -0.15) is 0 Å². The number of amides is 6. The molecule has 7 atom stereocenters. The van der Waals surface area contributed by atoms with Gasteiger partial charge in [-0.3, -0.25) is 43.2 Å². The van der Waals surface area contributed by atoms with Gasteiger partial charge in [0.1, 0.15) is 36.3 Å². The lowest BCUT2D eigenvalue weighted by molar-refractivity contribution is -0.143. The van der Waals surface area contributed by atoms with Crippen LogP contribution in [0.25, 0.3) is 0 Å². The number of carbonyl (C=O) groups is 10. The summed E-state index contributed by atoms with van der Waals surface area (Å²) in [6.45, 7) is 8.78. The quantitative estimate of drug-likeness (QED) is 0.0509. The molecule has 0 bridgehead atoms. The molecule has 0 unspecified atom stereocenters. The smallest absolute Gasteiger partial charge is 0.326 e. The van der Waals surface area contributed by atoms with Gasteiger partial charge in [-0.25, -0.2) is 4.79 Å². The molecule has 0 aromatic rings.